The Balaban J connectivity index is 1.86. The minimum Gasteiger partial charge on any atom is -0.478 e. The van der Waals surface area contributed by atoms with Crippen LogP contribution in [0.2, 0.25) is 0 Å². The molecular formula is C25H32N2O7. The molecule has 0 aliphatic carbocycles. The zero-order valence-corrected chi connectivity index (χ0v) is 20.1. The molecule has 34 heavy (non-hydrogen) atoms. The Morgan fingerprint density at radius 2 is 1.85 bits per heavy atom. The molecule has 0 spiro atoms. The number of nitrogens with one attached hydrogen (secondary N) is 1. The molecule has 9 nitrogen and oxygen atoms in total. The van der Waals surface area contributed by atoms with Gasteiger partial charge in [-0.2, -0.15) is 0 Å². The average molecular weight is 473 g/mol. The topological polar surface area (TPSA) is 119 Å². The van der Waals surface area contributed by atoms with E-state index in [1.54, 1.807) is 26.8 Å². The molecule has 1 fully saturated rings. The van der Waals surface area contributed by atoms with Gasteiger partial charge in [0, 0.05) is 6.42 Å². The van der Waals surface area contributed by atoms with E-state index in [9.17, 15) is 24.0 Å². The highest BCUT2D eigenvalue weighted by Gasteiger charge is 2.46. The van der Waals surface area contributed by atoms with Crippen LogP contribution in [0.15, 0.2) is 18.2 Å². The van der Waals surface area contributed by atoms with Crippen LogP contribution in [0, 0.1) is 0 Å². The fourth-order valence-corrected chi connectivity index (χ4v) is 4.08. The van der Waals surface area contributed by atoms with Crippen molar-refractivity contribution in [1.82, 2.24) is 10.2 Å². The van der Waals surface area contributed by atoms with Crippen LogP contribution in [0.25, 0.3) is 0 Å². The summed E-state index contributed by atoms with van der Waals surface area (Å²) in [6.07, 6.45) is 3.27. The molecular weight excluding hydrogens is 440 g/mol. The molecule has 2 aliphatic heterocycles. The summed E-state index contributed by atoms with van der Waals surface area (Å²) < 4.78 is 11.5. The molecule has 1 aromatic rings. The largest absolute Gasteiger partial charge is 0.478 e. The number of ether oxygens (including phenoxy) is 2. The quantitative estimate of drug-likeness (QED) is 0.333. The normalized spacial score (nSPS) is 19.1. The second kappa shape index (κ2) is 10.4. The number of hydrogen-bond donors (Lipinski definition) is 1. The standard InChI is InChI=1S/C25H32N2O7/c1-5-6-7-8-11-18(24(32)34-25(2,3)4)33-17-12-9-10-15-20(17)23(31)27(22(15)30)16-13-14-19(28)26-21(16)29/h9-10,12,16,18H,5-8,11,13-14H2,1-4H3,(H,26,28,29). The SMILES string of the molecule is CCCCCCC(Oc1cccc2c1C(=O)N(C1CCC(=O)NC1=O)C2=O)C(=O)OC(C)(C)C. The van der Waals surface area contributed by atoms with Crippen molar-refractivity contribution in [2.75, 3.05) is 0 Å². The van der Waals surface area contributed by atoms with Crippen LogP contribution in [0.4, 0.5) is 0 Å². The smallest absolute Gasteiger partial charge is 0.347 e. The number of benzene rings is 1. The maximum atomic E-state index is 13.3. The maximum Gasteiger partial charge on any atom is 0.347 e. The fraction of sp³-hybridized carbons (Fsp3) is 0.560. The molecule has 0 bridgehead atoms. The summed E-state index contributed by atoms with van der Waals surface area (Å²) in [4.78, 5) is 63.9. The van der Waals surface area contributed by atoms with Crippen LogP contribution < -0.4 is 10.1 Å². The van der Waals surface area contributed by atoms with E-state index in [1.165, 1.54) is 12.1 Å². The van der Waals surface area contributed by atoms with Crippen LogP contribution in [0.3, 0.4) is 0 Å². The highest BCUT2D eigenvalue weighted by atomic mass is 16.6. The number of hydrogen-bond acceptors (Lipinski definition) is 7. The predicted molar refractivity (Wildman–Crippen MR) is 122 cm³/mol. The molecule has 1 saturated heterocycles. The Labute approximate surface area is 199 Å². The highest BCUT2D eigenvalue weighted by Crippen LogP contribution is 2.34. The molecule has 9 heteroatoms. The van der Waals surface area contributed by atoms with Crippen molar-refractivity contribution in [3.8, 4) is 5.75 Å². The Hall–Kier alpha value is -3.23. The monoisotopic (exact) mass is 472 g/mol. The number of unbranched alkanes of at least 4 members (excludes halogenated alkanes) is 3. The van der Waals surface area contributed by atoms with Gasteiger partial charge in [0.1, 0.15) is 17.4 Å². The van der Waals surface area contributed by atoms with Crippen LogP contribution in [0.1, 0.15) is 93.4 Å². The van der Waals surface area contributed by atoms with Gasteiger partial charge in [-0.15, -0.1) is 0 Å². The summed E-state index contributed by atoms with van der Waals surface area (Å²) >= 11 is 0. The van der Waals surface area contributed by atoms with Gasteiger partial charge in [0.15, 0.2) is 6.10 Å². The summed E-state index contributed by atoms with van der Waals surface area (Å²) in [6, 6.07) is 3.50. The second-order valence-electron chi connectivity index (χ2n) is 9.62. The Morgan fingerprint density at radius 3 is 2.50 bits per heavy atom. The molecule has 1 aromatic carbocycles. The molecule has 2 unspecified atom stereocenters. The lowest BCUT2D eigenvalue weighted by Crippen LogP contribution is -2.54. The third-order valence-corrected chi connectivity index (χ3v) is 5.69. The van der Waals surface area contributed by atoms with E-state index in [2.05, 4.69) is 12.2 Å². The van der Waals surface area contributed by atoms with Crippen LogP contribution in [-0.2, 0) is 19.1 Å². The Bertz CT molecular complexity index is 995. The summed E-state index contributed by atoms with van der Waals surface area (Å²) in [5.41, 5.74) is -0.602. The molecule has 2 atom stereocenters. The lowest BCUT2D eigenvalue weighted by molar-refractivity contribution is -0.163. The highest BCUT2D eigenvalue weighted by molar-refractivity contribution is 6.24. The first kappa shape index (κ1) is 25.4. The zero-order valence-electron chi connectivity index (χ0n) is 20.1. The van der Waals surface area contributed by atoms with Gasteiger partial charge in [0.25, 0.3) is 11.8 Å². The van der Waals surface area contributed by atoms with E-state index in [0.717, 1.165) is 30.6 Å². The first-order chi connectivity index (χ1) is 16.0. The van der Waals surface area contributed by atoms with Gasteiger partial charge >= 0.3 is 5.97 Å². The number of fused-ring (bicyclic) bond motifs is 1. The van der Waals surface area contributed by atoms with Crippen molar-refractivity contribution >= 4 is 29.6 Å². The minimum atomic E-state index is -1.08. The summed E-state index contributed by atoms with van der Waals surface area (Å²) in [5, 5.41) is 2.17. The molecule has 0 aromatic heterocycles. The van der Waals surface area contributed by atoms with E-state index in [1.807, 2.05) is 0 Å². The van der Waals surface area contributed by atoms with Gasteiger partial charge in [-0.3, -0.25) is 29.4 Å². The van der Waals surface area contributed by atoms with Crippen molar-refractivity contribution in [3.05, 3.63) is 29.3 Å². The number of rotatable bonds is 9. The number of nitrogens with zero attached hydrogens (tertiary/aromatic N) is 1. The molecule has 3 rings (SSSR count). The van der Waals surface area contributed by atoms with Crippen molar-refractivity contribution < 1.29 is 33.4 Å². The molecule has 2 heterocycles. The molecule has 0 saturated carbocycles. The van der Waals surface area contributed by atoms with Crippen LogP contribution in [-0.4, -0.2) is 52.2 Å². The maximum absolute atomic E-state index is 13.3. The van der Waals surface area contributed by atoms with Gasteiger partial charge in [-0.1, -0.05) is 32.3 Å². The summed E-state index contributed by atoms with van der Waals surface area (Å²) in [7, 11) is 0. The first-order valence-electron chi connectivity index (χ1n) is 11.8. The lowest BCUT2D eigenvalue weighted by atomic mass is 10.0. The number of piperidine rings is 1. The van der Waals surface area contributed by atoms with Crippen molar-refractivity contribution in [2.45, 2.75) is 90.4 Å². The van der Waals surface area contributed by atoms with Gasteiger partial charge in [-0.05, 0) is 52.2 Å². The number of carbonyl (C=O) groups is 5. The second-order valence-corrected chi connectivity index (χ2v) is 9.62. The summed E-state index contributed by atoms with van der Waals surface area (Å²) in [5.74, 6) is -2.88. The van der Waals surface area contributed by atoms with Gasteiger partial charge in [0.05, 0.1) is 11.1 Å². The zero-order chi connectivity index (χ0) is 25.0. The molecule has 1 N–H and O–H groups in total. The number of esters is 1. The third-order valence-electron chi connectivity index (χ3n) is 5.69. The molecule has 2 aliphatic rings. The summed E-state index contributed by atoms with van der Waals surface area (Å²) in [6.45, 7) is 7.38. The number of imide groups is 2. The average Bonchev–Trinajstić information content (AvgIpc) is 3.00. The number of carbonyl (C=O) groups excluding carboxylic acids is 5. The number of amides is 4. The Morgan fingerprint density at radius 1 is 1.12 bits per heavy atom. The van der Waals surface area contributed by atoms with Crippen LogP contribution in [0.5, 0.6) is 5.75 Å². The minimum absolute atomic E-state index is 0.0133. The third kappa shape index (κ3) is 5.63. The Kier molecular flexibility index (Phi) is 7.74. The van der Waals surface area contributed by atoms with Gasteiger partial charge < -0.3 is 9.47 Å². The van der Waals surface area contributed by atoms with E-state index in [0.29, 0.717) is 6.42 Å². The lowest BCUT2D eigenvalue weighted by Gasteiger charge is -2.28. The van der Waals surface area contributed by atoms with Crippen molar-refractivity contribution in [2.24, 2.45) is 0 Å². The van der Waals surface area contributed by atoms with Crippen molar-refractivity contribution in [1.29, 1.82) is 0 Å². The molecule has 4 amide bonds. The van der Waals surface area contributed by atoms with Crippen LogP contribution >= 0.6 is 0 Å². The van der Waals surface area contributed by atoms with Crippen molar-refractivity contribution in [3.63, 3.8) is 0 Å². The van der Waals surface area contributed by atoms with Gasteiger partial charge in [0.2, 0.25) is 11.8 Å². The van der Waals surface area contributed by atoms with E-state index < -0.39 is 47.3 Å². The first-order valence-corrected chi connectivity index (χ1v) is 11.8. The predicted octanol–water partition coefficient (Wildman–Crippen LogP) is 3.15. The van der Waals surface area contributed by atoms with E-state index in [4.69, 9.17) is 9.47 Å². The molecule has 0 radical (unpaired) electrons. The molecule has 184 valence electrons. The van der Waals surface area contributed by atoms with E-state index >= 15 is 0 Å². The van der Waals surface area contributed by atoms with Gasteiger partial charge in [-0.25, -0.2) is 4.79 Å². The fourth-order valence-electron chi connectivity index (χ4n) is 4.08. The van der Waals surface area contributed by atoms with E-state index in [-0.39, 0.29) is 29.7 Å².